The Morgan fingerprint density at radius 3 is 2.71 bits per heavy atom. The predicted molar refractivity (Wildman–Crippen MR) is 56.0 cm³/mol. The molecule has 0 saturated heterocycles. The van der Waals surface area contributed by atoms with Crippen molar-refractivity contribution in [1.29, 1.82) is 0 Å². The van der Waals surface area contributed by atoms with Gasteiger partial charge in [0.1, 0.15) is 0 Å². The zero-order chi connectivity index (χ0) is 10.4. The lowest BCUT2D eigenvalue weighted by molar-refractivity contribution is -0.120. The van der Waals surface area contributed by atoms with Crippen LogP contribution in [0.2, 0.25) is 0 Å². The molecule has 0 N–H and O–H groups in total. The summed E-state index contributed by atoms with van der Waals surface area (Å²) in [4.78, 5) is 22.5. The zero-order valence-electron chi connectivity index (χ0n) is 8.42. The van der Waals surface area contributed by atoms with Gasteiger partial charge < -0.3 is 0 Å². The van der Waals surface area contributed by atoms with Crippen LogP contribution < -0.4 is 0 Å². The number of carbonyl (C=O) groups excluding carboxylic acids is 2. The van der Waals surface area contributed by atoms with Gasteiger partial charge in [-0.2, -0.15) is 0 Å². The summed E-state index contributed by atoms with van der Waals surface area (Å²) >= 11 is 0. The Balaban J connectivity index is 2.37. The summed E-state index contributed by atoms with van der Waals surface area (Å²) < 4.78 is 0. The van der Waals surface area contributed by atoms with Crippen LogP contribution in [0, 0.1) is 0 Å². The third-order valence-corrected chi connectivity index (χ3v) is 2.48. The Bertz CT molecular complexity index is 274. The van der Waals surface area contributed by atoms with Gasteiger partial charge in [-0.25, -0.2) is 0 Å². The molecule has 0 saturated carbocycles. The number of hydrogen-bond acceptors (Lipinski definition) is 2. The van der Waals surface area contributed by atoms with Crippen LogP contribution in [-0.2, 0) is 9.59 Å². The van der Waals surface area contributed by atoms with Crippen molar-refractivity contribution in [3.63, 3.8) is 0 Å². The Morgan fingerprint density at radius 2 is 2.14 bits per heavy atom. The normalized spacial score (nSPS) is 15.9. The molecular weight excluding hydrogens is 176 g/mol. The lowest BCUT2D eigenvalue weighted by Crippen LogP contribution is -2.07. The van der Waals surface area contributed by atoms with Gasteiger partial charge in [-0.3, -0.25) is 9.59 Å². The lowest BCUT2D eigenvalue weighted by Gasteiger charge is -2.10. The molecule has 0 aromatic rings. The number of allylic oxidation sites excluding steroid dienone is 3. The van der Waals surface area contributed by atoms with Gasteiger partial charge in [0.05, 0.1) is 0 Å². The molecule has 0 unspecified atom stereocenters. The maximum Gasteiger partial charge on any atom is 0.158 e. The minimum absolute atomic E-state index is 0.0465. The molecule has 0 aromatic carbocycles. The van der Waals surface area contributed by atoms with Crippen molar-refractivity contribution in [2.75, 3.05) is 0 Å². The number of rotatable bonds is 5. The summed E-state index contributed by atoms with van der Waals surface area (Å²) in [7, 11) is 0. The summed E-state index contributed by atoms with van der Waals surface area (Å²) in [5, 5.41) is 0. The maximum atomic E-state index is 11.6. The lowest BCUT2D eigenvalue weighted by atomic mass is 9.94. The average Bonchev–Trinajstić information content (AvgIpc) is 2.26. The average molecular weight is 192 g/mol. The van der Waals surface area contributed by atoms with Crippen molar-refractivity contribution in [2.45, 2.75) is 38.5 Å². The topological polar surface area (TPSA) is 34.1 Å². The standard InChI is InChI=1S/C12H16O2/c1-2-11(13)8-9-12(14)10-6-4-3-5-7-10/h2,6H,1,3-5,7-9H2. The highest BCUT2D eigenvalue weighted by molar-refractivity contribution is 5.99. The zero-order valence-corrected chi connectivity index (χ0v) is 8.42. The van der Waals surface area contributed by atoms with Crippen LogP contribution in [0.5, 0.6) is 0 Å². The molecule has 1 rings (SSSR count). The Hall–Kier alpha value is -1.18. The van der Waals surface area contributed by atoms with E-state index in [9.17, 15) is 9.59 Å². The first-order valence-electron chi connectivity index (χ1n) is 5.11. The third-order valence-electron chi connectivity index (χ3n) is 2.48. The van der Waals surface area contributed by atoms with E-state index >= 15 is 0 Å². The van der Waals surface area contributed by atoms with Gasteiger partial charge in [0.25, 0.3) is 0 Å². The van der Waals surface area contributed by atoms with Gasteiger partial charge in [0.15, 0.2) is 11.6 Å². The molecule has 2 nitrogen and oxygen atoms in total. The van der Waals surface area contributed by atoms with Gasteiger partial charge in [-0.05, 0) is 37.3 Å². The Kier molecular flexibility index (Phi) is 4.30. The fraction of sp³-hybridized carbons (Fsp3) is 0.500. The summed E-state index contributed by atoms with van der Waals surface area (Å²) in [6.07, 6.45) is 8.13. The highest BCUT2D eigenvalue weighted by Gasteiger charge is 2.12. The fourth-order valence-electron chi connectivity index (χ4n) is 1.59. The minimum atomic E-state index is -0.0465. The third kappa shape index (κ3) is 3.29. The van der Waals surface area contributed by atoms with Crippen LogP contribution >= 0.6 is 0 Å². The fourth-order valence-corrected chi connectivity index (χ4v) is 1.59. The molecule has 0 radical (unpaired) electrons. The van der Waals surface area contributed by atoms with Crippen LogP contribution in [0.4, 0.5) is 0 Å². The second-order valence-corrected chi connectivity index (χ2v) is 3.57. The second-order valence-electron chi connectivity index (χ2n) is 3.57. The van der Waals surface area contributed by atoms with Crippen LogP contribution in [0.3, 0.4) is 0 Å². The number of hydrogen-bond donors (Lipinski definition) is 0. The first kappa shape index (κ1) is 10.9. The van der Waals surface area contributed by atoms with E-state index < -0.39 is 0 Å². The van der Waals surface area contributed by atoms with E-state index in [1.165, 1.54) is 12.5 Å². The van der Waals surface area contributed by atoms with E-state index in [-0.39, 0.29) is 11.6 Å². The molecule has 0 aromatic heterocycles. The molecule has 14 heavy (non-hydrogen) atoms. The van der Waals surface area contributed by atoms with Crippen molar-refractivity contribution in [1.82, 2.24) is 0 Å². The van der Waals surface area contributed by atoms with Gasteiger partial charge in [0, 0.05) is 12.8 Å². The smallest absolute Gasteiger partial charge is 0.158 e. The highest BCUT2D eigenvalue weighted by atomic mass is 16.1. The van der Waals surface area contributed by atoms with E-state index in [4.69, 9.17) is 0 Å². The van der Waals surface area contributed by atoms with E-state index in [1.807, 2.05) is 6.08 Å². The summed E-state index contributed by atoms with van der Waals surface area (Å²) in [6, 6.07) is 0. The van der Waals surface area contributed by atoms with Gasteiger partial charge in [0.2, 0.25) is 0 Å². The minimum Gasteiger partial charge on any atom is -0.295 e. The molecule has 0 spiro atoms. The molecular formula is C12H16O2. The number of carbonyl (C=O) groups is 2. The SMILES string of the molecule is C=CC(=O)CCC(=O)C1=CCCCC1. The van der Waals surface area contributed by atoms with Crippen LogP contribution in [0.1, 0.15) is 38.5 Å². The Morgan fingerprint density at radius 1 is 1.36 bits per heavy atom. The second kappa shape index (κ2) is 5.53. The summed E-state index contributed by atoms with van der Waals surface area (Å²) in [5.74, 6) is 0.0923. The quantitative estimate of drug-likeness (QED) is 0.627. The highest BCUT2D eigenvalue weighted by Crippen LogP contribution is 2.19. The molecule has 76 valence electrons. The van der Waals surface area contributed by atoms with Crippen LogP contribution in [0.25, 0.3) is 0 Å². The molecule has 0 bridgehead atoms. The summed E-state index contributed by atoms with van der Waals surface area (Å²) in [5.41, 5.74) is 0.924. The first-order valence-corrected chi connectivity index (χ1v) is 5.11. The van der Waals surface area contributed by atoms with Crippen molar-refractivity contribution in [3.8, 4) is 0 Å². The molecule has 1 aliphatic carbocycles. The molecule has 0 amide bonds. The van der Waals surface area contributed by atoms with Gasteiger partial charge in [-0.15, -0.1) is 0 Å². The molecule has 0 fully saturated rings. The van der Waals surface area contributed by atoms with Gasteiger partial charge >= 0.3 is 0 Å². The maximum absolute atomic E-state index is 11.6. The van der Waals surface area contributed by atoms with Crippen LogP contribution in [-0.4, -0.2) is 11.6 Å². The van der Waals surface area contributed by atoms with Crippen LogP contribution in [0.15, 0.2) is 24.3 Å². The number of Topliss-reactive ketones (excluding diaryl/α,β-unsaturated/α-hetero) is 1. The van der Waals surface area contributed by atoms with E-state index in [1.54, 1.807) is 0 Å². The first-order chi connectivity index (χ1) is 6.74. The number of ketones is 2. The van der Waals surface area contributed by atoms with Crippen molar-refractivity contribution < 1.29 is 9.59 Å². The largest absolute Gasteiger partial charge is 0.295 e. The molecule has 0 atom stereocenters. The van der Waals surface area contributed by atoms with Crippen molar-refractivity contribution in [2.24, 2.45) is 0 Å². The van der Waals surface area contributed by atoms with Crippen molar-refractivity contribution in [3.05, 3.63) is 24.3 Å². The van der Waals surface area contributed by atoms with E-state index in [2.05, 4.69) is 6.58 Å². The summed E-state index contributed by atoms with van der Waals surface area (Å²) in [6.45, 7) is 3.38. The predicted octanol–water partition coefficient (Wildman–Crippen LogP) is 2.59. The molecule has 0 aliphatic heterocycles. The van der Waals surface area contributed by atoms with E-state index in [0.29, 0.717) is 12.8 Å². The van der Waals surface area contributed by atoms with E-state index in [0.717, 1.165) is 24.8 Å². The molecule has 1 aliphatic rings. The molecule has 0 heterocycles. The Labute approximate surface area is 84.7 Å². The van der Waals surface area contributed by atoms with Gasteiger partial charge in [-0.1, -0.05) is 12.7 Å². The molecule has 2 heteroatoms. The van der Waals surface area contributed by atoms with Crippen molar-refractivity contribution >= 4 is 11.6 Å². The monoisotopic (exact) mass is 192 g/mol.